The van der Waals surface area contributed by atoms with Crippen LogP contribution in [0.25, 0.3) is 0 Å². The summed E-state index contributed by atoms with van der Waals surface area (Å²) in [4.78, 5) is 32.6. The first kappa shape index (κ1) is 18.0. The van der Waals surface area contributed by atoms with E-state index in [2.05, 4.69) is 9.88 Å². The first-order valence-electron chi connectivity index (χ1n) is 8.76. The SMILES string of the molecule is Cc1ccc(C(=O)CCC(=O)N2CCN(c3ccncc3)CC2)cc1F. The summed E-state index contributed by atoms with van der Waals surface area (Å²) in [7, 11) is 0. The average molecular weight is 355 g/mol. The molecule has 1 aromatic carbocycles. The summed E-state index contributed by atoms with van der Waals surface area (Å²) in [5, 5.41) is 0. The molecule has 0 unspecified atom stereocenters. The van der Waals surface area contributed by atoms with Crippen LogP contribution in [-0.2, 0) is 4.79 Å². The number of rotatable bonds is 5. The molecule has 2 aromatic rings. The fourth-order valence-electron chi connectivity index (χ4n) is 3.06. The molecule has 0 bridgehead atoms. The third-order valence-corrected chi connectivity index (χ3v) is 4.72. The molecule has 1 aliphatic rings. The molecule has 2 heterocycles. The number of aromatic nitrogens is 1. The van der Waals surface area contributed by atoms with Crippen molar-refractivity contribution in [3.63, 3.8) is 0 Å². The summed E-state index contributed by atoms with van der Waals surface area (Å²) >= 11 is 0. The second-order valence-corrected chi connectivity index (χ2v) is 6.46. The van der Waals surface area contributed by atoms with Crippen molar-refractivity contribution < 1.29 is 14.0 Å². The largest absolute Gasteiger partial charge is 0.368 e. The number of amides is 1. The lowest BCUT2D eigenvalue weighted by atomic mass is 10.0. The number of piperazine rings is 1. The highest BCUT2D eigenvalue weighted by Gasteiger charge is 2.22. The number of pyridine rings is 1. The zero-order valence-corrected chi connectivity index (χ0v) is 14.8. The zero-order valence-electron chi connectivity index (χ0n) is 14.8. The van der Waals surface area contributed by atoms with E-state index < -0.39 is 5.82 Å². The van der Waals surface area contributed by atoms with E-state index in [0.717, 1.165) is 18.8 Å². The maximum Gasteiger partial charge on any atom is 0.223 e. The molecule has 0 atom stereocenters. The minimum Gasteiger partial charge on any atom is -0.368 e. The van der Waals surface area contributed by atoms with Gasteiger partial charge in [0, 0.05) is 62.7 Å². The van der Waals surface area contributed by atoms with E-state index in [1.54, 1.807) is 36.4 Å². The summed E-state index contributed by atoms with van der Waals surface area (Å²) in [6.07, 6.45) is 3.77. The molecule has 1 aromatic heterocycles. The fourth-order valence-corrected chi connectivity index (χ4v) is 3.06. The summed E-state index contributed by atoms with van der Waals surface area (Å²) in [5.41, 5.74) is 1.93. The Hall–Kier alpha value is -2.76. The molecule has 0 aliphatic carbocycles. The quantitative estimate of drug-likeness (QED) is 0.774. The van der Waals surface area contributed by atoms with Gasteiger partial charge in [-0.3, -0.25) is 14.6 Å². The number of hydrogen-bond donors (Lipinski definition) is 0. The summed E-state index contributed by atoms with van der Waals surface area (Å²) in [5.74, 6) is -0.623. The highest BCUT2D eigenvalue weighted by atomic mass is 19.1. The van der Waals surface area contributed by atoms with Crippen LogP contribution in [0.15, 0.2) is 42.7 Å². The van der Waals surface area contributed by atoms with Crippen LogP contribution in [0.5, 0.6) is 0 Å². The fraction of sp³-hybridized carbons (Fsp3) is 0.350. The molecule has 0 N–H and O–H groups in total. The van der Waals surface area contributed by atoms with Gasteiger partial charge in [0.1, 0.15) is 5.82 Å². The number of ketones is 1. The molecule has 26 heavy (non-hydrogen) atoms. The number of nitrogens with zero attached hydrogens (tertiary/aromatic N) is 3. The number of carbonyl (C=O) groups excluding carboxylic acids is 2. The number of halogens is 1. The van der Waals surface area contributed by atoms with E-state index in [0.29, 0.717) is 24.2 Å². The van der Waals surface area contributed by atoms with Gasteiger partial charge in [-0.15, -0.1) is 0 Å². The number of anilines is 1. The molecule has 1 saturated heterocycles. The van der Waals surface area contributed by atoms with Crippen molar-refractivity contribution >= 4 is 17.4 Å². The van der Waals surface area contributed by atoms with Crippen LogP contribution < -0.4 is 4.90 Å². The van der Waals surface area contributed by atoms with Crippen LogP contribution in [0.4, 0.5) is 10.1 Å². The second kappa shape index (κ2) is 8.08. The Morgan fingerprint density at radius 3 is 2.38 bits per heavy atom. The first-order chi connectivity index (χ1) is 12.5. The van der Waals surface area contributed by atoms with Crippen LogP contribution in [0.3, 0.4) is 0 Å². The van der Waals surface area contributed by atoms with Gasteiger partial charge in [0.15, 0.2) is 5.78 Å². The van der Waals surface area contributed by atoms with E-state index >= 15 is 0 Å². The van der Waals surface area contributed by atoms with Crippen LogP contribution >= 0.6 is 0 Å². The van der Waals surface area contributed by atoms with Crippen LogP contribution in [0.1, 0.15) is 28.8 Å². The topological polar surface area (TPSA) is 53.5 Å². The molecule has 136 valence electrons. The Bertz CT molecular complexity index is 787. The Balaban J connectivity index is 1.48. The third-order valence-electron chi connectivity index (χ3n) is 4.72. The monoisotopic (exact) mass is 355 g/mol. The van der Waals surface area contributed by atoms with E-state index in [1.165, 1.54) is 6.07 Å². The van der Waals surface area contributed by atoms with E-state index in [-0.39, 0.29) is 24.5 Å². The standard InChI is InChI=1S/C20H22FN3O2/c1-15-2-3-16(14-18(15)21)19(25)4-5-20(26)24-12-10-23(11-13-24)17-6-8-22-9-7-17/h2-3,6-9,14H,4-5,10-13H2,1H3. The van der Waals surface area contributed by atoms with Crippen molar-refractivity contribution in [1.29, 1.82) is 0 Å². The number of Topliss-reactive ketones (excluding diaryl/α,β-unsaturated/α-hetero) is 1. The highest BCUT2D eigenvalue weighted by molar-refractivity contribution is 5.98. The zero-order chi connectivity index (χ0) is 18.5. The van der Waals surface area contributed by atoms with Crippen molar-refractivity contribution in [2.45, 2.75) is 19.8 Å². The molecule has 6 heteroatoms. The van der Waals surface area contributed by atoms with Crippen molar-refractivity contribution in [2.75, 3.05) is 31.1 Å². The van der Waals surface area contributed by atoms with Crippen molar-refractivity contribution in [1.82, 2.24) is 9.88 Å². The predicted molar refractivity (Wildman–Crippen MR) is 97.7 cm³/mol. The van der Waals surface area contributed by atoms with Gasteiger partial charge in [0.05, 0.1) is 0 Å². The summed E-state index contributed by atoms with van der Waals surface area (Å²) in [6.45, 7) is 4.43. The van der Waals surface area contributed by atoms with Crippen molar-refractivity contribution in [3.8, 4) is 0 Å². The Kier molecular flexibility index (Phi) is 5.61. The van der Waals surface area contributed by atoms with Gasteiger partial charge in [-0.1, -0.05) is 12.1 Å². The summed E-state index contributed by atoms with van der Waals surface area (Å²) < 4.78 is 13.6. The number of aryl methyl sites for hydroxylation is 1. The third kappa shape index (κ3) is 4.25. The van der Waals surface area contributed by atoms with Gasteiger partial charge in [-0.25, -0.2) is 4.39 Å². The van der Waals surface area contributed by atoms with Gasteiger partial charge >= 0.3 is 0 Å². The Morgan fingerprint density at radius 1 is 1.04 bits per heavy atom. The molecule has 0 saturated carbocycles. The number of benzene rings is 1. The molecule has 5 nitrogen and oxygen atoms in total. The van der Waals surface area contributed by atoms with Gasteiger partial charge in [0.25, 0.3) is 0 Å². The molecule has 1 amide bonds. The molecule has 3 rings (SSSR count). The molecule has 1 aliphatic heterocycles. The molecular weight excluding hydrogens is 333 g/mol. The lowest BCUT2D eigenvalue weighted by Gasteiger charge is -2.36. The Labute approximate surface area is 152 Å². The maximum atomic E-state index is 13.6. The molecule has 0 radical (unpaired) electrons. The minimum atomic E-state index is -0.394. The van der Waals surface area contributed by atoms with Crippen molar-refractivity contribution in [2.24, 2.45) is 0 Å². The smallest absolute Gasteiger partial charge is 0.223 e. The lowest BCUT2D eigenvalue weighted by molar-refractivity contribution is -0.131. The van der Waals surface area contributed by atoms with Crippen LogP contribution in [-0.4, -0.2) is 47.8 Å². The maximum absolute atomic E-state index is 13.6. The molecule has 1 fully saturated rings. The van der Waals surface area contributed by atoms with E-state index in [9.17, 15) is 14.0 Å². The van der Waals surface area contributed by atoms with Crippen molar-refractivity contribution in [3.05, 3.63) is 59.7 Å². The predicted octanol–water partition coefficient (Wildman–Crippen LogP) is 2.84. The highest BCUT2D eigenvalue weighted by Crippen LogP contribution is 2.16. The van der Waals surface area contributed by atoms with Gasteiger partial charge < -0.3 is 9.80 Å². The van der Waals surface area contributed by atoms with Crippen LogP contribution in [0.2, 0.25) is 0 Å². The number of hydrogen-bond acceptors (Lipinski definition) is 4. The van der Waals surface area contributed by atoms with Gasteiger partial charge in [-0.05, 0) is 30.7 Å². The Morgan fingerprint density at radius 2 is 1.73 bits per heavy atom. The van der Waals surface area contributed by atoms with Crippen LogP contribution in [0, 0.1) is 12.7 Å². The number of carbonyl (C=O) groups is 2. The van der Waals surface area contributed by atoms with E-state index in [4.69, 9.17) is 0 Å². The summed E-state index contributed by atoms with van der Waals surface area (Å²) in [6, 6.07) is 8.35. The van der Waals surface area contributed by atoms with E-state index in [1.807, 2.05) is 12.1 Å². The lowest BCUT2D eigenvalue weighted by Crippen LogP contribution is -2.48. The second-order valence-electron chi connectivity index (χ2n) is 6.46. The average Bonchev–Trinajstić information content (AvgIpc) is 2.68. The molecular formula is C20H22FN3O2. The normalized spacial score (nSPS) is 14.4. The van der Waals surface area contributed by atoms with Gasteiger partial charge in [0.2, 0.25) is 5.91 Å². The minimum absolute atomic E-state index is 0.0275. The first-order valence-corrected chi connectivity index (χ1v) is 8.76. The van der Waals surface area contributed by atoms with Gasteiger partial charge in [-0.2, -0.15) is 0 Å². The molecule has 0 spiro atoms.